The van der Waals surface area contributed by atoms with Gasteiger partial charge in [-0.1, -0.05) is 88.7 Å². The largest absolute Gasteiger partial charge is 0.455 e. The number of ether oxygens (including phenoxy) is 3. The molecule has 4 aliphatic rings. The van der Waals surface area contributed by atoms with E-state index in [1.807, 2.05) is 84.9 Å². The van der Waals surface area contributed by atoms with Crippen molar-refractivity contribution >= 4 is 56.1 Å². The van der Waals surface area contributed by atoms with Gasteiger partial charge in [0.2, 0.25) is 11.8 Å². The summed E-state index contributed by atoms with van der Waals surface area (Å²) in [5.74, 6) is -3.74. The number of halogens is 1. The maximum Gasteiger partial charge on any atom is 0.313 e. The molecule has 7 rings (SSSR count). The number of esters is 1. The number of nitrogens with one attached hydrogen (secondary N) is 1. The number of benzene rings is 3. The molecular weight excluding hydrogens is 742 g/mol. The summed E-state index contributed by atoms with van der Waals surface area (Å²) in [5.41, 5.74) is -0.161. The first-order valence-corrected chi connectivity index (χ1v) is 19.0. The summed E-state index contributed by atoms with van der Waals surface area (Å²) in [7, 11) is 1.52. The summed E-state index contributed by atoms with van der Waals surface area (Å²) in [6.07, 6.45) is 6.05. The van der Waals surface area contributed by atoms with Gasteiger partial charge in [0.15, 0.2) is 0 Å². The number of likely N-dealkylation sites (tertiary alicyclic amines) is 1. The molecule has 0 radical (unpaired) electrons. The molecule has 0 aromatic heterocycles. The number of carbonyl (C=O) groups is 4. The van der Waals surface area contributed by atoms with Gasteiger partial charge in [0.25, 0.3) is 5.91 Å². The highest BCUT2D eigenvalue weighted by Gasteiger charge is 2.75. The predicted octanol–water partition coefficient (Wildman–Crippen LogP) is 4.97. The van der Waals surface area contributed by atoms with Gasteiger partial charge >= 0.3 is 5.97 Å². The Morgan fingerprint density at radius 2 is 1.70 bits per heavy atom. The normalized spacial score (nSPS) is 29.6. The van der Waals surface area contributed by atoms with Crippen LogP contribution in [-0.2, 0) is 33.4 Å². The maximum absolute atomic E-state index is 15.2. The molecule has 2 N–H and O–H groups in total. The number of amides is 3. The monoisotopic (exact) mass is 785 g/mol. The summed E-state index contributed by atoms with van der Waals surface area (Å²) in [5, 5.41) is 14.5. The SMILES string of the molecule is COC[C@H]1NC(=O)CC/C=C\CN(c2ccc3ccccc3c2)C(=O)[C@@H]2N(CCCCCO)C(=O)[C@H]3[C@H](C(=O)O[C@@H]1c1ccccc1)[C@H]1O[C@@]23C=C1Br. The molecule has 3 aromatic carbocycles. The van der Waals surface area contributed by atoms with Crippen LogP contribution in [0, 0.1) is 11.8 Å². The molecule has 0 unspecified atom stereocenters. The molecule has 53 heavy (non-hydrogen) atoms. The number of allylic oxidation sites excluding steroid dienone is 1. The topological polar surface area (TPSA) is 135 Å². The first kappa shape index (κ1) is 37.0. The van der Waals surface area contributed by atoms with Crippen molar-refractivity contribution in [1.29, 1.82) is 0 Å². The van der Waals surface area contributed by atoms with Crippen molar-refractivity contribution in [1.82, 2.24) is 10.2 Å². The van der Waals surface area contributed by atoms with Gasteiger partial charge in [-0.3, -0.25) is 19.2 Å². The van der Waals surface area contributed by atoms with Gasteiger partial charge in [0.05, 0.1) is 18.6 Å². The van der Waals surface area contributed by atoms with Gasteiger partial charge < -0.3 is 34.4 Å². The van der Waals surface area contributed by atoms with Gasteiger partial charge in [-0.15, -0.1) is 0 Å². The first-order chi connectivity index (χ1) is 25.8. The number of hydrogen-bond donors (Lipinski definition) is 2. The summed E-state index contributed by atoms with van der Waals surface area (Å²) in [6, 6.07) is 21.0. The maximum atomic E-state index is 15.2. The van der Waals surface area contributed by atoms with Gasteiger partial charge in [0, 0.05) is 43.4 Å². The van der Waals surface area contributed by atoms with Crippen LogP contribution in [0.15, 0.2) is 95.5 Å². The molecule has 3 amide bonds. The molecule has 12 heteroatoms. The number of hydrogen-bond acceptors (Lipinski definition) is 8. The Morgan fingerprint density at radius 3 is 2.47 bits per heavy atom. The van der Waals surface area contributed by atoms with Gasteiger partial charge in [0.1, 0.15) is 29.8 Å². The molecular formula is C41H44BrN3O8. The summed E-state index contributed by atoms with van der Waals surface area (Å²) >= 11 is 3.64. The summed E-state index contributed by atoms with van der Waals surface area (Å²) < 4.78 is 19.1. The van der Waals surface area contributed by atoms with E-state index in [2.05, 4.69) is 21.2 Å². The second kappa shape index (κ2) is 15.9. The van der Waals surface area contributed by atoms with Crippen molar-refractivity contribution < 1.29 is 38.5 Å². The molecule has 2 fully saturated rings. The first-order valence-electron chi connectivity index (χ1n) is 18.2. The van der Waals surface area contributed by atoms with Crippen molar-refractivity contribution in [2.75, 3.05) is 38.3 Å². The predicted molar refractivity (Wildman–Crippen MR) is 202 cm³/mol. The van der Waals surface area contributed by atoms with Gasteiger partial charge in [-0.2, -0.15) is 0 Å². The minimum absolute atomic E-state index is 0.0203. The third-order valence-electron chi connectivity index (χ3n) is 10.7. The molecule has 1 spiro atoms. The number of methoxy groups -OCH3 is 1. The number of carbonyl (C=O) groups excluding carboxylic acids is 4. The minimum Gasteiger partial charge on any atom is -0.455 e. The average molecular weight is 787 g/mol. The van der Waals surface area contributed by atoms with E-state index >= 15 is 4.79 Å². The highest BCUT2D eigenvalue weighted by atomic mass is 79.9. The van der Waals surface area contributed by atoms with Crippen LogP contribution in [0.5, 0.6) is 0 Å². The van der Waals surface area contributed by atoms with Crippen LogP contribution >= 0.6 is 15.9 Å². The molecule has 278 valence electrons. The van der Waals surface area contributed by atoms with Crippen LogP contribution in [0.1, 0.15) is 43.8 Å². The van der Waals surface area contributed by atoms with Gasteiger partial charge in [-0.05, 0) is 60.2 Å². The number of cyclic esters (lactones) is 1. The molecule has 4 heterocycles. The Hall–Kier alpha value is -4.36. The zero-order chi connectivity index (χ0) is 37.1. The molecule has 11 nitrogen and oxygen atoms in total. The van der Waals surface area contributed by atoms with E-state index in [1.165, 1.54) is 7.11 Å². The van der Waals surface area contributed by atoms with E-state index in [-0.39, 0.29) is 50.4 Å². The number of aliphatic hydroxyl groups is 1. The number of aliphatic hydroxyl groups excluding tert-OH is 1. The lowest BCUT2D eigenvalue weighted by molar-refractivity contribution is -0.162. The van der Waals surface area contributed by atoms with Crippen LogP contribution < -0.4 is 10.2 Å². The average Bonchev–Trinajstić information content (AvgIpc) is 3.76. The fourth-order valence-electron chi connectivity index (χ4n) is 8.30. The smallest absolute Gasteiger partial charge is 0.313 e. The fraction of sp³-hybridized carbons (Fsp3) is 0.415. The summed E-state index contributed by atoms with van der Waals surface area (Å²) in [4.78, 5) is 61.1. The van der Waals surface area contributed by atoms with Crippen molar-refractivity contribution in [2.24, 2.45) is 11.8 Å². The highest BCUT2D eigenvalue weighted by Crippen LogP contribution is 2.59. The lowest BCUT2D eigenvalue weighted by Crippen LogP contribution is -2.56. The molecule has 4 aliphatic heterocycles. The number of rotatable bonds is 9. The standard InChI is InChI=1S/C41H44BrN3O8/c1-51-25-31-35(27-14-5-2-6-15-27)52-40(50)33-34-38(48)45(21-11-4-12-22-46)37(41(34)24-30(42)36(33)53-41)39(49)44(20-10-3-7-17-32(47)43-31)29-19-18-26-13-8-9-16-28(26)23-29/h2-3,5-6,8-10,13-16,18-19,23-24,31,33-37,46H,4,7,11-12,17,20-22,25H2,1H3,(H,43,47)/b10-3-/t31-,33+,34-,35-,36+,37+,41-/m1/s1. The molecule has 2 saturated heterocycles. The second-order valence-corrected chi connectivity index (χ2v) is 14.9. The zero-order valence-corrected chi connectivity index (χ0v) is 31.2. The van der Waals surface area contributed by atoms with E-state index in [4.69, 9.17) is 14.2 Å². The van der Waals surface area contributed by atoms with Crippen LogP contribution in [0.25, 0.3) is 10.8 Å². The Morgan fingerprint density at radius 1 is 0.925 bits per heavy atom. The van der Waals surface area contributed by atoms with Crippen LogP contribution in [0.2, 0.25) is 0 Å². The van der Waals surface area contributed by atoms with Crippen LogP contribution in [0.4, 0.5) is 5.69 Å². The molecule has 0 saturated carbocycles. The lowest BCUT2D eigenvalue weighted by Gasteiger charge is -2.36. The van der Waals surface area contributed by atoms with E-state index < -0.39 is 47.7 Å². The fourth-order valence-corrected chi connectivity index (χ4v) is 9.03. The van der Waals surface area contributed by atoms with Crippen molar-refractivity contribution in [3.8, 4) is 0 Å². The number of unbranched alkanes of at least 4 members (excludes halogenated alkanes) is 2. The minimum atomic E-state index is -1.45. The van der Waals surface area contributed by atoms with Crippen molar-refractivity contribution in [2.45, 2.75) is 62.0 Å². The molecule has 7 atom stereocenters. The van der Waals surface area contributed by atoms with Crippen LogP contribution in [-0.4, -0.2) is 90.9 Å². The van der Waals surface area contributed by atoms with Crippen LogP contribution in [0.3, 0.4) is 0 Å². The molecule has 5 bridgehead atoms. The second-order valence-electron chi connectivity index (χ2n) is 14.0. The molecule has 0 aliphatic carbocycles. The van der Waals surface area contributed by atoms with E-state index in [1.54, 1.807) is 15.9 Å². The quantitative estimate of drug-likeness (QED) is 0.177. The van der Waals surface area contributed by atoms with E-state index in [9.17, 15) is 19.5 Å². The lowest BCUT2D eigenvalue weighted by atomic mass is 9.74. The number of nitrogens with zero attached hydrogens (tertiary/aromatic N) is 2. The number of anilines is 1. The number of fused-ring (bicyclic) bond motifs is 3. The van der Waals surface area contributed by atoms with Crippen molar-refractivity contribution in [3.63, 3.8) is 0 Å². The Labute approximate surface area is 317 Å². The third-order valence-corrected chi connectivity index (χ3v) is 11.4. The Balaban J connectivity index is 1.34. The molecule has 3 aromatic rings. The van der Waals surface area contributed by atoms with E-state index in [0.717, 1.165) is 10.8 Å². The van der Waals surface area contributed by atoms with Gasteiger partial charge in [-0.25, -0.2) is 0 Å². The van der Waals surface area contributed by atoms with Crippen molar-refractivity contribution in [3.05, 3.63) is 101 Å². The third kappa shape index (κ3) is 7.05. The highest BCUT2D eigenvalue weighted by molar-refractivity contribution is 9.11. The Kier molecular flexibility index (Phi) is 11.1. The Bertz CT molecular complexity index is 1920. The van der Waals surface area contributed by atoms with E-state index in [0.29, 0.717) is 41.4 Å². The summed E-state index contributed by atoms with van der Waals surface area (Å²) in [6.45, 7) is 0.496. The zero-order valence-electron chi connectivity index (χ0n) is 29.6.